The Hall–Kier alpha value is -2.43. The SMILES string of the molecule is OC(CN1CCn2cccc2C1c1ccccc1)c1ccccc1F. The van der Waals surface area contributed by atoms with Gasteiger partial charge in [-0.15, -0.1) is 0 Å². The van der Waals surface area contributed by atoms with Crippen molar-refractivity contribution in [2.24, 2.45) is 0 Å². The van der Waals surface area contributed by atoms with Crippen LogP contribution in [0.1, 0.15) is 29.0 Å². The van der Waals surface area contributed by atoms with Gasteiger partial charge in [0, 0.05) is 37.1 Å². The van der Waals surface area contributed by atoms with E-state index >= 15 is 0 Å². The van der Waals surface area contributed by atoms with E-state index in [0.29, 0.717) is 12.1 Å². The lowest BCUT2D eigenvalue weighted by Gasteiger charge is -2.38. The van der Waals surface area contributed by atoms with Gasteiger partial charge in [-0.1, -0.05) is 48.5 Å². The predicted molar refractivity (Wildman–Crippen MR) is 95.6 cm³/mol. The summed E-state index contributed by atoms with van der Waals surface area (Å²) in [5, 5.41) is 10.6. The van der Waals surface area contributed by atoms with Crippen LogP contribution in [0.5, 0.6) is 0 Å². The third kappa shape index (κ3) is 3.11. The van der Waals surface area contributed by atoms with E-state index in [1.165, 1.54) is 17.3 Å². The molecule has 0 fully saturated rings. The first-order valence-corrected chi connectivity index (χ1v) is 8.60. The van der Waals surface area contributed by atoms with Crippen LogP contribution in [0.2, 0.25) is 0 Å². The number of aliphatic hydroxyl groups is 1. The van der Waals surface area contributed by atoms with E-state index in [1.54, 1.807) is 18.2 Å². The third-order valence-corrected chi connectivity index (χ3v) is 4.93. The van der Waals surface area contributed by atoms with Crippen molar-refractivity contribution >= 4 is 0 Å². The lowest BCUT2D eigenvalue weighted by atomic mass is 9.98. The molecule has 1 N–H and O–H groups in total. The van der Waals surface area contributed by atoms with Crippen molar-refractivity contribution in [2.45, 2.75) is 18.7 Å². The Morgan fingerprint density at radius 3 is 2.52 bits per heavy atom. The zero-order chi connectivity index (χ0) is 17.2. The fourth-order valence-electron chi connectivity index (χ4n) is 3.71. The van der Waals surface area contributed by atoms with Gasteiger partial charge in [0.05, 0.1) is 12.1 Å². The molecule has 0 aliphatic carbocycles. The fourth-order valence-corrected chi connectivity index (χ4v) is 3.71. The molecule has 1 aromatic heterocycles. The Morgan fingerprint density at radius 2 is 1.72 bits per heavy atom. The molecule has 0 bridgehead atoms. The number of rotatable bonds is 4. The van der Waals surface area contributed by atoms with Gasteiger partial charge < -0.3 is 9.67 Å². The number of hydrogen-bond donors (Lipinski definition) is 1. The summed E-state index contributed by atoms with van der Waals surface area (Å²) in [4.78, 5) is 2.24. The number of fused-ring (bicyclic) bond motifs is 1. The summed E-state index contributed by atoms with van der Waals surface area (Å²) >= 11 is 0. The molecule has 2 unspecified atom stereocenters. The van der Waals surface area contributed by atoms with Gasteiger partial charge in [0.1, 0.15) is 5.82 Å². The minimum absolute atomic E-state index is 0.0615. The molecule has 128 valence electrons. The Bertz CT molecular complexity index is 846. The molecule has 0 spiro atoms. The summed E-state index contributed by atoms with van der Waals surface area (Å²) in [6.45, 7) is 2.08. The normalized spacial score (nSPS) is 18.7. The average molecular weight is 336 g/mol. The maximum atomic E-state index is 14.0. The molecular formula is C21H21FN2O. The lowest BCUT2D eigenvalue weighted by molar-refractivity contribution is 0.0801. The van der Waals surface area contributed by atoms with Gasteiger partial charge in [-0.2, -0.15) is 0 Å². The highest BCUT2D eigenvalue weighted by molar-refractivity contribution is 5.30. The van der Waals surface area contributed by atoms with Crippen molar-refractivity contribution in [3.8, 4) is 0 Å². The first-order chi connectivity index (χ1) is 12.2. The lowest BCUT2D eigenvalue weighted by Crippen LogP contribution is -2.40. The van der Waals surface area contributed by atoms with Crippen LogP contribution < -0.4 is 0 Å². The zero-order valence-corrected chi connectivity index (χ0v) is 13.9. The Balaban J connectivity index is 1.65. The highest BCUT2D eigenvalue weighted by Gasteiger charge is 2.30. The molecule has 2 heterocycles. The van der Waals surface area contributed by atoms with E-state index in [9.17, 15) is 9.50 Å². The molecule has 4 rings (SSSR count). The van der Waals surface area contributed by atoms with Crippen LogP contribution in [0.15, 0.2) is 72.9 Å². The Labute approximate surface area is 147 Å². The molecule has 25 heavy (non-hydrogen) atoms. The minimum Gasteiger partial charge on any atom is -0.387 e. The van der Waals surface area contributed by atoms with Crippen LogP contribution in [0.4, 0.5) is 4.39 Å². The molecule has 4 heteroatoms. The third-order valence-electron chi connectivity index (χ3n) is 4.93. The van der Waals surface area contributed by atoms with Gasteiger partial charge >= 0.3 is 0 Å². The van der Waals surface area contributed by atoms with E-state index in [2.05, 4.69) is 39.9 Å². The van der Waals surface area contributed by atoms with Gasteiger partial charge in [0.15, 0.2) is 0 Å². The largest absolute Gasteiger partial charge is 0.387 e. The van der Waals surface area contributed by atoms with Crippen molar-refractivity contribution in [3.05, 3.63) is 95.6 Å². The number of aromatic nitrogens is 1. The maximum Gasteiger partial charge on any atom is 0.129 e. The number of β-amino-alcohol motifs (C(OH)–C–C–N with tert-alkyl or cyclic N) is 1. The van der Waals surface area contributed by atoms with Crippen molar-refractivity contribution in [1.29, 1.82) is 0 Å². The molecule has 1 aliphatic rings. The predicted octanol–water partition coefficient (Wildman–Crippen LogP) is 3.77. The van der Waals surface area contributed by atoms with Crippen molar-refractivity contribution in [2.75, 3.05) is 13.1 Å². The zero-order valence-electron chi connectivity index (χ0n) is 13.9. The van der Waals surface area contributed by atoms with Gasteiger partial charge in [0.25, 0.3) is 0 Å². The van der Waals surface area contributed by atoms with Crippen molar-refractivity contribution in [3.63, 3.8) is 0 Å². The van der Waals surface area contributed by atoms with Crippen molar-refractivity contribution in [1.82, 2.24) is 9.47 Å². The van der Waals surface area contributed by atoms with Gasteiger partial charge in [-0.3, -0.25) is 4.90 Å². The van der Waals surface area contributed by atoms with Crippen LogP contribution in [0, 0.1) is 5.82 Å². The number of hydrogen-bond acceptors (Lipinski definition) is 2. The molecule has 2 atom stereocenters. The van der Waals surface area contributed by atoms with Crippen LogP contribution >= 0.6 is 0 Å². The minimum atomic E-state index is -0.853. The summed E-state index contributed by atoms with van der Waals surface area (Å²) in [5.41, 5.74) is 2.75. The molecule has 0 saturated heterocycles. The molecule has 0 radical (unpaired) electrons. The maximum absolute atomic E-state index is 14.0. The molecule has 1 aliphatic heterocycles. The van der Waals surface area contributed by atoms with Gasteiger partial charge in [-0.05, 0) is 23.8 Å². The second-order valence-corrected chi connectivity index (χ2v) is 6.47. The highest BCUT2D eigenvalue weighted by Crippen LogP contribution is 2.33. The summed E-state index contributed by atoms with van der Waals surface area (Å²) < 4.78 is 16.3. The topological polar surface area (TPSA) is 28.4 Å². The van der Waals surface area contributed by atoms with E-state index in [1.807, 2.05) is 18.2 Å². The summed E-state index contributed by atoms with van der Waals surface area (Å²) in [7, 11) is 0. The molecular weight excluding hydrogens is 315 g/mol. The number of benzene rings is 2. The average Bonchev–Trinajstić information content (AvgIpc) is 3.11. The van der Waals surface area contributed by atoms with E-state index in [0.717, 1.165) is 13.1 Å². The Kier molecular flexibility index (Phi) is 4.38. The molecule has 2 aromatic carbocycles. The monoisotopic (exact) mass is 336 g/mol. The second-order valence-electron chi connectivity index (χ2n) is 6.47. The van der Waals surface area contributed by atoms with Crippen molar-refractivity contribution < 1.29 is 9.50 Å². The highest BCUT2D eigenvalue weighted by atomic mass is 19.1. The fraction of sp³-hybridized carbons (Fsp3) is 0.238. The first kappa shape index (κ1) is 16.1. The first-order valence-electron chi connectivity index (χ1n) is 8.60. The quantitative estimate of drug-likeness (QED) is 0.786. The summed E-state index contributed by atoms with van der Waals surface area (Å²) in [6.07, 6.45) is 1.24. The summed E-state index contributed by atoms with van der Waals surface area (Å²) in [6, 6.07) is 21.0. The van der Waals surface area contributed by atoms with Crippen LogP contribution in [0.3, 0.4) is 0 Å². The van der Waals surface area contributed by atoms with Crippen LogP contribution in [-0.2, 0) is 6.54 Å². The van der Waals surface area contributed by atoms with Crippen LogP contribution in [0.25, 0.3) is 0 Å². The standard InChI is InChI=1S/C21H21FN2O/c22-18-10-5-4-9-17(18)20(25)15-24-14-13-23-12-6-11-19(23)21(24)16-7-2-1-3-8-16/h1-12,20-21,25H,13-15H2. The number of aliphatic hydroxyl groups excluding tert-OH is 1. The Morgan fingerprint density at radius 1 is 0.960 bits per heavy atom. The second kappa shape index (κ2) is 6.82. The summed E-state index contributed by atoms with van der Waals surface area (Å²) in [5.74, 6) is -0.355. The molecule has 3 nitrogen and oxygen atoms in total. The molecule has 0 saturated carbocycles. The molecule has 3 aromatic rings. The van der Waals surface area contributed by atoms with Crippen LogP contribution in [-0.4, -0.2) is 27.7 Å². The van der Waals surface area contributed by atoms with Gasteiger partial charge in [-0.25, -0.2) is 4.39 Å². The van der Waals surface area contributed by atoms with E-state index in [-0.39, 0.29) is 11.9 Å². The number of halogens is 1. The number of nitrogens with zero attached hydrogens (tertiary/aromatic N) is 2. The molecule has 0 amide bonds. The van der Waals surface area contributed by atoms with E-state index in [4.69, 9.17) is 0 Å². The van der Waals surface area contributed by atoms with E-state index < -0.39 is 6.10 Å². The smallest absolute Gasteiger partial charge is 0.129 e. The van der Waals surface area contributed by atoms with Gasteiger partial charge in [0.2, 0.25) is 0 Å².